The quantitative estimate of drug-likeness (QED) is 0.341. The first-order valence-corrected chi connectivity index (χ1v) is 10.3. The van der Waals surface area contributed by atoms with Gasteiger partial charge < -0.3 is 19.5 Å². The molecule has 0 spiro atoms. The molecule has 0 saturated carbocycles. The monoisotopic (exact) mass is 532 g/mol. The molecule has 0 aliphatic carbocycles. The van der Waals surface area contributed by atoms with E-state index in [1.54, 1.807) is 20.8 Å². The molecule has 33 heavy (non-hydrogen) atoms. The van der Waals surface area contributed by atoms with Crippen molar-refractivity contribution in [1.29, 1.82) is 0 Å². The van der Waals surface area contributed by atoms with E-state index in [4.69, 9.17) is 9.47 Å². The van der Waals surface area contributed by atoms with Crippen LogP contribution in [0.5, 0.6) is 0 Å². The van der Waals surface area contributed by atoms with Gasteiger partial charge in [0.05, 0.1) is 26.3 Å². The van der Waals surface area contributed by atoms with E-state index in [1.165, 1.54) is 13.0 Å². The van der Waals surface area contributed by atoms with Crippen LogP contribution in [0.3, 0.4) is 0 Å². The number of amides is 1. The minimum Gasteiger partial charge on any atom is -0.464 e. The number of carbonyl (C=O) groups excluding carboxylic acids is 3. The second-order valence-electron chi connectivity index (χ2n) is 8.14. The number of methoxy groups -OCH3 is 2. The Hall–Kier alpha value is -3.09. The highest BCUT2D eigenvalue weighted by molar-refractivity contribution is 9.10. The minimum atomic E-state index is -1.74. The average Bonchev–Trinajstić information content (AvgIpc) is 3.10. The molecule has 2 aromatic rings. The van der Waals surface area contributed by atoms with Crippen LogP contribution in [-0.4, -0.2) is 52.8 Å². The molecule has 0 bridgehead atoms. The zero-order valence-corrected chi connectivity index (χ0v) is 20.4. The lowest BCUT2D eigenvalue weighted by Crippen LogP contribution is -2.49. The Labute approximate surface area is 196 Å². The fourth-order valence-corrected chi connectivity index (χ4v) is 3.36. The van der Waals surface area contributed by atoms with Crippen LogP contribution in [0.4, 0.5) is 13.6 Å². The number of halogens is 3. The van der Waals surface area contributed by atoms with Crippen LogP contribution in [0.25, 0.3) is 0 Å². The molecule has 1 aromatic heterocycles. The van der Waals surface area contributed by atoms with E-state index in [2.05, 4.69) is 36.3 Å². The van der Waals surface area contributed by atoms with Crippen molar-refractivity contribution >= 4 is 34.0 Å². The van der Waals surface area contributed by atoms with Crippen molar-refractivity contribution in [2.24, 2.45) is 0 Å². The first-order valence-electron chi connectivity index (χ1n) is 9.48. The summed E-state index contributed by atoms with van der Waals surface area (Å²) in [7, 11) is 2.15. The summed E-state index contributed by atoms with van der Waals surface area (Å²) in [5.41, 5.74) is -3.77. The molecular weight excluding hydrogens is 510 g/mol. The topological polar surface area (TPSA) is 122 Å². The maximum absolute atomic E-state index is 14.9. The van der Waals surface area contributed by atoms with Gasteiger partial charge in [0.25, 0.3) is 0 Å². The van der Waals surface area contributed by atoms with Gasteiger partial charge in [-0.05, 0) is 39.8 Å². The second-order valence-corrected chi connectivity index (χ2v) is 9.05. The molecule has 0 radical (unpaired) electrons. The lowest BCUT2D eigenvalue weighted by molar-refractivity contribution is 0.0441. The van der Waals surface area contributed by atoms with E-state index in [0.29, 0.717) is 0 Å². The summed E-state index contributed by atoms with van der Waals surface area (Å²) < 4.78 is 44.8. The highest BCUT2D eigenvalue weighted by atomic mass is 79.9. The fraction of sp³-hybridized carbons (Fsp3) is 0.450. The van der Waals surface area contributed by atoms with E-state index in [9.17, 15) is 23.2 Å². The number of hydrogen-bond acceptors (Lipinski definition) is 8. The Balaban J connectivity index is 2.66. The van der Waals surface area contributed by atoms with Gasteiger partial charge in [-0.3, -0.25) is 0 Å². The summed E-state index contributed by atoms with van der Waals surface area (Å²) in [5, 5.41) is 9.91. The van der Waals surface area contributed by atoms with Gasteiger partial charge in [0.15, 0.2) is 17.3 Å². The Morgan fingerprint density at radius 3 is 2.24 bits per heavy atom. The molecular formula is C20H23BrF2N4O6. The average molecular weight is 533 g/mol. The maximum Gasteiger partial charge on any atom is 0.408 e. The number of ether oxygens (including phenoxy) is 3. The van der Waals surface area contributed by atoms with E-state index >= 15 is 0 Å². The normalized spacial score (nSPS) is 13.1. The molecule has 0 aliphatic heterocycles. The summed E-state index contributed by atoms with van der Waals surface area (Å²) in [5.74, 6) is -4.38. The standard InChI is InChI=1S/C20H23BrF2N4O6/c1-19(2,3)33-18(30)24-20(4,11-7-10(21)8-12(22)13(11)23)9-27-15(17(29)32-6)14(25-26-27)16(28)31-5/h7-8H,9H2,1-6H3,(H,24,30)/t20-/m0/s1. The molecule has 1 heterocycles. The van der Waals surface area contributed by atoms with Crippen LogP contribution in [0.2, 0.25) is 0 Å². The largest absolute Gasteiger partial charge is 0.464 e. The van der Waals surface area contributed by atoms with E-state index in [0.717, 1.165) is 25.0 Å². The number of aromatic nitrogens is 3. The molecule has 0 saturated heterocycles. The lowest BCUT2D eigenvalue weighted by Gasteiger charge is -2.33. The molecule has 10 nitrogen and oxygen atoms in total. The summed E-state index contributed by atoms with van der Waals surface area (Å²) in [4.78, 5) is 37.0. The van der Waals surface area contributed by atoms with Crippen molar-refractivity contribution in [3.05, 3.63) is 45.2 Å². The molecule has 1 N–H and O–H groups in total. The zero-order valence-electron chi connectivity index (χ0n) is 18.8. The van der Waals surface area contributed by atoms with Crippen molar-refractivity contribution in [3.8, 4) is 0 Å². The summed E-state index contributed by atoms with van der Waals surface area (Å²) in [6, 6.07) is 2.17. The summed E-state index contributed by atoms with van der Waals surface area (Å²) in [6.45, 7) is 5.77. The van der Waals surface area contributed by atoms with Crippen LogP contribution in [0.15, 0.2) is 16.6 Å². The van der Waals surface area contributed by atoms with Crippen molar-refractivity contribution in [2.75, 3.05) is 14.2 Å². The Bertz CT molecular complexity index is 1090. The molecule has 1 atom stereocenters. The Morgan fingerprint density at radius 2 is 1.70 bits per heavy atom. The van der Waals surface area contributed by atoms with E-state index in [-0.39, 0.29) is 10.0 Å². The Morgan fingerprint density at radius 1 is 1.09 bits per heavy atom. The molecule has 1 amide bonds. The summed E-state index contributed by atoms with van der Waals surface area (Å²) >= 11 is 3.10. The zero-order chi connectivity index (χ0) is 25.1. The molecule has 0 unspecified atom stereocenters. The van der Waals surface area contributed by atoms with Crippen LogP contribution < -0.4 is 5.32 Å². The number of alkyl carbamates (subject to hydrolysis) is 1. The van der Waals surface area contributed by atoms with Crippen LogP contribution >= 0.6 is 15.9 Å². The van der Waals surface area contributed by atoms with Crippen LogP contribution in [0.1, 0.15) is 54.2 Å². The number of carbonyl (C=O) groups is 3. The van der Waals surface area contributed by atoms with E-state index < -0.39 is 58.7 Å². The number of nitrogens with zero attached hydrogens (tertiary/aromatic N) is 3. The van der Waals surface area contributed by atoms with Crippen molar-refractivity contribution in [2.45, 2.75) is 45.4 Å². The second kappa shape index (κ2) is 9.81. The van der Waals surface area contributed by atoms with Gasteiger partial charge in [-0.15, -0.1) is 5.10 Å². The van der Waals surface area contributed by atoms with Gasteiger partial charge >= 0.3 is 18.0 Å². The molecule has 0 fully saturated rings. The fourth-order valence-electron chi connectivity index (χ4n) is 2.93. The molecule has 180 valence electrons. The smallest absolute Gasteiger partial charge is 0.408 e. The molecule has 13 heteroatoms. The van der Waals surface area contributed by atoms with Gasteiger partial charge in [0.2, 0.25) is 5.69 Å². The first kappa shape index (κ1) is 26.2. The van der Waals surface area contributed by atoms with Crippen LogP contribution in [0, 0.1) is 11.6 Å². The predicted molar refractivity (Wildman–Crippen MR) is 113 cm³/mol. The van der Waals surface area contributed by atoms with Gasteiger partial charge in [0, 0.05) is 10.0 Å². The van der Waals surface area contributed by atoms with Crippen molar-refractivity contribution < 1.29 is 37.4 Å². The number of hydrogen-bond donors (Lipinski definition) is 1. The van der Waals surface area contributed by atoms with Gasteiger partial charge in [-0.1, -0.05) is 21.1 Å². The molecule has 0 aliphatic rings. The van der Waals surface area contributed by atoms with Crippen LogP contribution in [-0.2, 0) is 26.3 Å². The number of benzene rings is 1. The van der Waals surface area contributed by atoms with Crippen molar-refractivity contribution in [1.82, 2.24) is 20.3 Å². The minimum absolute atomic E-state index is 0.190. The third kappa shape index (κ3) is 6.03. The molecule has 1 aromatic carbocycles. The number of esters is 2. The highest BCUT2D eigenvalue weighted by Gasteiger charge is 2.38. The number of rotatable bonds is 6. The number of nitrogens with one attached hydrogen (secondary N) is 1. The summed E-state index contributed by atoms with van der Waals surface area (Å²) in [6.07, 6.45) is -0.947. The predicted octanol–water partition coefficient (Wildman–Crippen LogP) is 3.33. The van der Waals surface area contributed by atoms with Crippen molar-refractivity contribution in [3.63, 3.8) is 0 Å². The van der Waals surface area contributed by atoms with Gasteiger partial charge in [0.1, 0.15) is 5.60 Å². The maximum atomic E-state index is 14.9. The third-order valence-electron chi connectivity index (χ3n) is 4.32. The highest BCUT2D eigenvalue weighted by Crippen LogP contribution is 2.31. The Kier molecular flexibility index (Phi) is 7.78. The first-order chi connectivity index (χ1) is 15.2. The van der Waals surface area contributed by atoms with Gasteiger partial charge in [-0.25, -0.2) is 27.8 Å². The lowest BCUT2D eigenvalue weighted by atomic mass is 9.91. The third-order valence-corrected chi connectivity index (χ3v) is 4.78. The SMILES string of the molecule is COC(=O)c1nnn(C[C@](C)(NC(=O)OC(C)(C)C)c2cc(Br)cc(F)c2F)c1C(=O)OC. The molecule has 2 rings (SSSR count). The van der Waals surface area contributed by atoms with Gasteiger partial charge in [-0.2, -0.15) is 0 Å². The van der Waals surface area contributed by atoms with E-state index in [1.807, 2.05) is 0 Å².